The van der Waals surface area contributed by atoms with Crippen molar-refractivity contribution in [3.8, 4) is 5.75 Å². The molecular weight excluding hydrogens is 179 g/mol. The van der Waals surface area contributed by atoms with Gasteiger partial charge in [-0.3, -0.25) is 4.79 Å². The topological polar surface area (TPSA) is 46.5 Å². The summed E-state index contributed by atoms with van der Waals surface area (Å²) < 4.78 is 4.63. The van der Waals surface area contributed by atoms with E-state index in [1.165, 1.54) is 0 Å². The first-order chi connectivity index (χ1) is 6.50. The first-order valence-electron chi connectivity index (χ1n) is 4.22. The summed E-state index contributed by atoms with van der Waals surface area (Å²) in [5, 5.41) is 9.48. The highest BCUT2D eigenvalue weighted by Crippen LogP contribution is 2.23. The molecule has 1 rings (SSSR count). The minimum absolute atomic E-state index is 0.136. The quantitative estimate of drug-likeness (QED) is 0.723. The lowest BCUT2D eigenvalue weighted by molar-refractivity contribution is 0.167. The molecule has 4 heteroatoms. The molecule has 0 aromatic heterocycles. The number of phenols is 1. The van der Waals surface area contributed by atoms with Crippen LogP contribution in [0, 0.1) is 13.8 Å². The van der Waals surface area contributed by atoms with Crippen LogP contribution in [0.2, 0.25) is 0 Å². The molecule has 0 aliphatic carbocycles. The van der Waals surface area contributed by atoms with Gasteiger partial charge in [0, 0.05) is 0 Å². The summed E-state index contributed by atoms with van der Waals surface area (Å²) >= 11 is 0. The van der Waals surface area contributed by atoms with E-state index in [-0.39, 0.29) is 12.4 Å². The molecule has 1 aromatic carbocycles. The molecule has 2 radical (unpaired) electrons. The number of benzene rings is 1. The first-order valence-corrected chi connectivity index (χ1v) is 4.22. The van der Waals surface area contributed by atoms with Crippen molar-refractivity contribution in [3.63, 3.8) is 0 Å². The Morgan fingerprint density at radius 2 is 1.93 bits per heavy atom. The molecule has 72 valence electrons. The third kappa shape index (κ3) is 2.52. The Kier molecular flexibility index (Phi) is 3.17. The molecule has 1 N–H and O–H groups in total. The number of aryl methyl sites for hydroxylation is 2. The summed E-state index contributed by atoms with van der Waals surface area (Å²) in [5.41, 5.74) is 2.33. The van der Waals surface area contributed by atoms with E-state index in [1.54, 1.807) is 26.0 Å². The van der Waals surface area contributed by atoms with Gasteiger partial charge in [0.25, 0.3) is 0 Å². The maximum absolute atomic E-state index is 10.4. The standard InChI is InChI=1S/C10H11BO3/c1-6-3-8(5-14-10(11)13)4-7(2)9(6)12/h3-4,12H,5H2,1-2H3. The largest absolute Gasteiger partial charge is 0.507 e. The molecule has 14 heavy (non-hydrogen) atoms. The number of phenolic OH excluding ortho intramolecular Hbond substituents is 1. The van der Waals surface area contributed by atoms with E-state index in [1.807, 2.05) is 0 Å². The number of rotatable bonds is 2. The zero-order chi connectivity index (χ0) is 10.7. The van der Waals surface area contributed by atoms with Gasteiger partial charge < -0.3 is 9.84 Å². The third-order valence-electron chi connectivity index (χ3n) is 1.93. The van der Waals surface area contributed by atoms with Crippen molar-refractivity contribution in [1.82, 2.24) is 0 Å². The van der Waals surface area contributed by atoms with Gasteiger partial charge in [-0.2, -0.15) is 0 Å². The van der Waals surface area contributed by atoms with Gasteiger partial charge in [0.2, 0.25) is 13.7 Å². The summed E-state index contributed by atoms with van der Waals surface area (Å²) in [7, 11) is 4.84. The molecule has 0 aliphatic rings. The van der Waals surface area contributed by atoms with Crippen molar-refractivity contribution in [1.29, 1.82) is 0 Å². The molecule has 0 spiro atoms. The number of ether oxygens (including phenoxy) is 1. The molecule has 0 atom stereocenters. The first kappa shape index (κ1) is 10.6. The van der Waals surface area contributed by atoms with Crippen LogP contribution in [-0.4, -0.2) is 18.8 Å². The van der Waals surface area contributed by atoms with Crippen LogP contribution in [-0.2, 0) is 11.3 Å². The van der Waals surface area contributed by atoms with Crippen LogP contribution in [0.3, 0.4) is 0 Å². The molecule has 0 saturated heterocycles. The molecular formula is C10H11BO3. The van der Waals surface area contributed by atoms with Gasteiger partial charge >= 0.3 is 0 Å². The maximum Gasteiger partial charge on any atom is 0.236 e. The van der Waals surface area contributed by atoms with Crippen LogP contribution in [0.1, 0.15) is 16.7 Å². The van der Waals surface area contributed by atoms with Crippen molar-refractivity contribution in [2.45, 2.75) is 20.5 Å². The minimum atomic E-state index is -0.798. The lowest BCUT2D eigenvalue weighted by Gasteiger charge is -2.07. The summed E-state index contributed by atoms with van der Waals surface area (Å²) in [6, 6.07) is 3.51. The zero-order valence-corrected chi connectivity index (χ0v) is 8.20. The fraction of sp³-hybridized carbons (Fsp3) is 0.300. The van der Waals surface area contributed by atoms with Crippen LogP contribution < -0.4 is 0 Å². The number of aromatic hydroxyl groups is 1. The summed E-state index contributed by atoms with van der Waals surface area (Å²) in [6.45, 7) is 3.71. The number of carbonyl (C=O) groups excluding carboxylic acids is 1. The van der Waals surface area contributed by atoms with E-state index in [4.69, 9.17) is 7.85 Å². The molecule has 0 fully saturated rings. The van der Waals surface area contributed by atoms with Crippen LogP contribution in [0.25, 0.3) is 0 Å². The molecule has 0 heterocycles. The van der Waals surface area contributed by atoms with Crippen LogP contribution in [0.15, 0.2) is 12.1 Å². The van der Waals surface area contributed by atoms with E-state index in [0.717, 1.165) is 16.7 Å². The fourth-order valence-corrected chi connectivity index (χ4v) is 1.28. The lowest BCUT2D eigenvalue weighted by atomic mass is 10.1. The van der Waals surface area contributed by atoms with Crippen molar-refractivity contribution >= 4 is 13.7 Å². The van der Waals surface area contributed by atoms with E-state index in [2.05, 4.69) is 4.74 Å². The average Bonchev–Trinajstić information content (AvgIpc) is 2.10. The summed E-state index contributed by atoms with van der Waals surface area (Å²) in [6.07, 6.45) is 0. The second kappa shape index (κ2) is 4.18. The normalized spacial score (nSPS) is 9.86. The predicted molar refractivity (Wildman–Crippen MR) is 53.5 cm³/mol. The van der Waals surface area contributed by atoms with Crippen molar-refractivity contribution < 1.29 is 14.6 Å². The molecule has 1 aromatic rings. The molecule has 0 unspecified atom stereocenters. The smallest absolute Gasteiger partial charge is 0.236 e. The average molecular weight is 190 g/mol. The molecule has 0 aliphatic heterocycles. The van der Waals surface area contributed by atoms with Crippen LogP contribution in [0.4, 0.5) is 4.79 Å². The van der Waals surface area contributed by atoms with Gasteiger partial charge in [0.15, 0.2) is 0 Å². The van der Waals surface area contributed by atoms with Gasteiger partial charge in [-0.1, -0.05) is 0 Å². The van der Waals surface area contributed by atoms with Crippen molar-refractivity contribution in [2.24, 2.45) is 0 Å². The number of carbonyl (C=O) groups is 1. The van der Waals surface area contributed by atoms with Gasteiger partial charge in [-0.25, -0.2) is 0 Å². The highest BCUT2D eigenvalue weighted by Gasteiger charge is 2.04. The Bertz CT molecular complexity index is 337. The van der Waals surface area contributed by atoms with Crippen molar-refractivity contribution in [2.75, 3.05) is 0 Å². The Balaban J connectivity index is 2.84. The fourth-order valence-electron chi connectivity index (χ4n) is 1.28. The molecule has 0 saturated carbocycles. The van der Waals surface area contributed by atoms with Gasteiger partial charge in [-0.15, -0.1) is 0 Å². The van der Waals surface area contributed by atoms with Crippen molar-refractivity contribution in [3.05, 3.63) is 28.8 Å². The number of hydrogen-bond donors (Lipinski definition) is 1. The summed E-state index contributed by atoms with van der Waals surface area (Å²) in [5.74, 6) is -0.527. The Labute approximate surface area is 84.1 Å². The zero-order valence-electron chi connectivity index (χ0n) is 8.20. The Morgan fingerprint density at radius 3 is 2.36 bits per heavy atom. The minimum Gasteiger partial charge on any atom is -0.507 e. The SMILES string of the molecule is [B]C(=O)OCc1cc(C)c(O)c(C)c1. The highest BCUT2D eigenvalue weighted by molar-refractivity contribution is 6.55. The highest BCUT2D eigenvalue weighted by atomic mass is 16.5. The number of hydrogen-bond acceptors (Lipinski definition) is 3. The molecule has 0 bridgehead atoms. The van der Waals surface area contributed by atoms with Crippen LogP contribution >= 0.6 is 0 Å². The summed E-state index contributed by atoms with van der Waals surface area (Å²) in [4.78, 5) is 10.4. The molecule has 0 amide bonds. The monoisotopic (exact) mass is 190 g/mol. The second-order valence-electron chi connectivity index (χ2n) is 3.19. The lowest BCUT2D eigenvalue weighted by Crippen LogP contribution is -2.01. The Morgan fingerprint density at radius 1 is 1.43 bits per heavy atom. The third-order valence-corrected chi connectivity index (χ3v) is 1.93. The van der Waals surface area contributed by atoms with E-state index < -0.39 is 5.87 Å². The van der Waals surface area contributed by atoms with Gasteiger partial charge in [0.05, 0.1) is 0 Å². The van der Waals surface area contributed by atoms with E-state index >= 15 is 0 Å². The van der Waals surface area contributed by atoms with E-state index in [0.29, 0.717) is 0 Å². The maximum atomic E-state index is 10.4. The van der Waals surface area contributed by atoms with Gasteiger partial charge in [-0.05, 0) is 42.7 Å². The molecule has 3 nitrogen and oxygen atoms in total. The van der Waals surface area contributed by atoms with Gasteiger partial charge in [0.1, 0.15) is 12.4 Å². The predicted octanol–water partition coefficient (Wildman–Crippen LogP) is 1.81. The second-order valence-corrected chi connectivity index (χ2v) is 3.19. The van der Waals surface area contributed by atoms with Crippen LogP contribution in [0.5, 0.6) is 5.75 Å². The Hall–Kier alpha value is -1.45. The van der Waals surface area contributed by atoms with E-state index in [9.17, 15) is 9.90 Å².